The van der Waals surface area contributed by atoms with Crippen LogP contribution >= 0.6 is 11.3 Å². The summed E-state index contributed by atoms with van der Waals surface area (Å²) < 4.78 is 0. The van der Waals surface area contributed by atoms with E-state index in [1.165, 1.54) is 11.3 Å². The molecule has 2 N–H and O–H groups in total. The van der Waals surface area contributed by atoms with E-state index >= 15 is 0 Å². The summed E-state index contributed by atoms with van der Waals surface area (Å²) >= 11 is 1.26. The number of benzene rings is 1. The zero-order valence-electron chi connectivity index (χ0n) is 9.51. The van der Waals surface area contributed by atoms with Crippen LogP contribution in [0.25, 0.3) is 0 Å². The van der Waals surface area contributed by atoms with Gasteiger partial charge in [0.25, 0.3) is 11.8 Å². The van der Waals surface area contributed by atoms with Gasteiger partial charge < -0.3 is 5.73 Å². The molecule has 18 heavy (non-hydrogen) atoms. The topological polar surface area (TPSA) is 76.3 Å². The van der Waals surface area contributed by atoms with Crippen molar-refractivity contribution < 1.29 is 9.59 Å². The van der Waals surface area contributed by atoms with Crippen molar-refractivity contribution in [2.24, 2.45) is 0 Å². The van der Waals surface area contributed by atoms with E-state index in [-0.39, 0.29) is 11.5 Å². The Morgan fingerprint density at radius 3 is 2.67 bits per heavy atom. The molecule has 6 heteroatoms. The first-order valence-corrected chi connectivity index (χ1v) is 6.17. The average Bonchev–Trinajstić information content (AvgIpc) is 2.84. The SMILES string of the molecule is Cc1csc(N2C(=O)c3cccc(N)c3C2=O)n1. The number of nitrogen functional groups attached to an aromatic ring is 1. The summed E-state index contributed by atoms with van der Waals surface area (Å²) in [6.45, 7) is 1.81. The second-order valence-corrected chi connectivity index (χ2v) is 4.82. The predicted molar refractivity (Wildman–Crippen MR) is 68.8 cm³/mol. The number of thiazole rings is 1. The molecule has 1 aromatic carbocycles. The number of nitrogens with two attached hydrogens (primary N) is 1. The molecule has 2 heterocycles. The molecule has 0 fully saturated rings. The van der Waals surface area contributed by atoms with Crippen molar-refractivity contribution >= 4 is 34.0 Å². The van der Waals surface area contributed by atoms with Crippen LogP contribution in [-0.4, -0.2) is 16.8 Å². The van der Waals surface area contributed by atoms with Crippen molar-refractivity contribution in [3.05, 3.63) is 40.4 Å². The first-order chi connectivity index (χ1) is 8.59. The van der Waals surface area contributed by atoms with Crippen molar-refractivity contribution in [2.75, 3.05) is 10.6 Å². The Labute approximate surface area is 107 Å². The molecule has 1 aliphatic rings. The number of imide groups is 1. The molecular formula is C12H9N3O2S. The van der Waals surface area contributed by atoms with Crippen LogP contribution in [-0.2, 0) is 0 Å². The van der Waals surface area contributed by atoms with E-state index < -0.39 is 5.91 Å². The fraction of sp³-hybridized carbons (Fsp3) is 0.0833. The smallest absolute Gasteiger partial charge is 0.270 e. The van der Waals surface area contributed by atoms with Crippen molar-refractivity contribution in [3.8, 4) is 0 Å². The number of rotatable bonds is 1. The summed E-state index contributed by atoms with van der Waals surface area (Å²) in [6, 6.07) is 4.88. The Hall–Kier alpha value is -2.21. The van der Waals surface area contributed by atoms with Crippen LogP contribution in [0.4, 0.5) is 10.8 Å². The van der Waals surface area contributed by atoms with Crippen LogP contribution in [0.5, 0.6) is 0 Å². The molecule has 0 bridgehead atoms. The van der Waals surface area contributed by atoms with Crippen LogP contribution < -0.4 is 10.6 Å². The van der Waals surface area contributed by atoms with E-state index in [1.54, 1.807) is 23.6 Å². The van der Waals surface area contributed by atoms with Crippen molar-refractivity contribution in [2.45, 2.75) is 6.92 Å². The Morgan fingerprint density at radius 2 is 2.06 bits per heavy atom. The Morgan fingerprint density at radius 1 is 1.28 bits per heavy atom. The van der Waals surface area contributed by atoms with Gasteiger partial charge in [0, 0.05) is 11.1 Å². The number of carbonyl (C=O) groups excluding carboxylic acids is 2. The molecule has 0 atom stereocenters. The molecular weight excluding hydrogens is 250 g/mol. The zero-order valence-corrected chi connectivity index (χ0v) is 10.3. The number of carbonyl (C=O) groups is 2. The molecule has 0 aliphatic carbocycles. The van der Waals surface area contributed by atoms with Gasteiger partial charge in [-0.2, -0.15) is 0 Å². The second-order valence-electron chi connectivity index (χ2n) is 3.99. The first kappa shape index (κ1) is 10.9. The van der Waals surface area contributed by atoms with Crippen LogP contribution in [0.15, 0.2) is 23.6 Å². The Balaban J connectivity index is 2.16. The van der Waals surface area contributed by atoms with Gasteiger partial charge in [-0.25, -0.2) is 9.88 Å². The van der Waals surface area contributed by atoms with Gasteiger partial charge in [-0.3, -0.25) is 9.59 Å². The number of aromatic nitrogens is 1. The maximum atomic E-state index is 12.2. The molecule has 0 saturated carbocycles. The van der Waals surface area contributed by atoms with Gasteiger partial charge in [0.1, 0.15) is 0 Å². The van der Waals surface area contributed by atoms with Crippen LogP contribution in [0, 0.1) is 6.92 Å². The zero-order chi connectivity index (χ0) is 12.9. The lowest BCUT2D eigenvalue weighted by atomic mass is 10.1. The minimum Gasteiger partial charge on any atom is -0.398 e. The number of anilines is 2. The van der Waals surface area contributed by atoms with Gasteiger partial charge in [-0.05, 0) is 19.1 Å². The van der Waals surface area contributed by atoms with E-state index in [2.05, 4.69) is 4.98 Å². The molecule has 90 valence electrons. The number of amides is 2. The summed E-state index contributed by atoms with van der Waals surface area (Å²) in [5, 5.41) is 2.18. The minimum atomic E-state index is -0.401. The first-order valence-electron chi connectivity index (χ1n) is 5.29. The summed E-state index contributed by atoms with van der Waals surface area (Å²) in [5.74, 6) is -0.765. The lowest BCUT2D eigenvalue weighted by molar-refractivity contribution is 0.0926. The van der Waals surface area contributed by atoms with Gasteiger partial charge in [0.15, 0.2) is 5.13 Å². The standard InChI is InChI=1S/C12H9N3O2S/c1-6-5-18-12(14-6)15-10(16)7-3-2-4-8(13)9(7)11(15)17/h2-5H,13H2,1H3. The van der Waals surface area contributed by atoms with Gasteiger partial charge in [-0.15, -0.1) is 11.3 Å². The van der Waals surface area contributed by atoms with E-state index in [0.717, 1.165) is 10.6 Å². The second kappa shape index (κ2) is 3.64. The molecule has 5 nitrogen and oxygen atoms in total. The van der Waals surface area contributed by atoms with Gasteiger partial charge in [-0.1, -0.05) is 6.07 Å². The fourth-order valence-electron chi connectivity index (χ4n) is 1.93. The predicted octanol–water partition coefficient (Wildman–Crippen LogP) is 1.83. The summed E-state index contributed by atoms with van der Waals surface area (Å²) in [5.41, 5.74) is 7.47. The molecule has 1 aromatic heterocycles. The van der Waals surface area contributed by atoms with Crippen molar-refractivity contribution in [1.29, 1.82) is 0 Å². The maximum absolute atomic E-state index is 12.2. The van der Waals surface area contributed by atoms with E-state index in [0.29, 0.717) is 16.4 Å². The van der Waals surface area contributed by atoms with E-state index in [9.17, 15) is 9.59 Å². The third kappa shape index (κ3) is 1.36. The highest BCUT2D eigenvalue weighted by molar-refractivity contribution is 7.14. The highest BCUT2D eigenvalue weighted by Crippen LogP contribution is 2.32. The van der Waals surface area contributed by atoms with Crippen molar-refractivity contribution in [3.63, 3.8) is 0 Å². The number of hydrogen-bond acceptors (Lipinski definition) is 5. The third-order valence-electron chi connectivity index (χ3n) is 2.75. The van der Waals surface area contributed by atoms with Gasteiger partial charge in [0.2, 0.25) is 0 Å². The van der Waals surface area contributed by atoms with Gasteiger partial charge >= 0.3 is 0 Å². The lowest BCUT2D eigenvalue weighted by Crippen LogP contribution is -2.29. The Kier molecular flexibility index (Phi) is 2.21. The fourth-order valence-corrected chi connectivity index (χ4v) is 2.73. The number of hydrogen-bond donors (Lipinski definition) is 1. The molecule has 0 spiro atoms. The molecule has 3 rings (SSSR count). The van der Waals surface area contributed by atoms with Crippen molar-refractivity contribution in [1.82, 2.24) is 4.98 Å². The molecule has 0 radical (unpaired) electrons. The van der Waals surface area contributed by atoms with Crippen LogP contribution in [0.3, 0.4) is 0 Å². The largest absolute Gasteiger partial charge is 0.398 e. The molecule has 0 unspecified atom stereocenters. The third-order valence-corrected chi connectivity index (χ3v) is 3.69. The highest BCUT2D eigenvalue weighted by atomic mass is 32.1. The van der Waals surface area contributed by atoms with E-state index in [4.69, 9.17) is 5.73 Å². The van der Waals surface area contributed by atoms with Gasteiger partial charge in [0.05, 0.1) is 16.8 Å². The summed E-state index contributed by atoms with van der Waals surface area (Å²) in [6.07, 6.45) is 0. The lowest BCUT2D eigenvalue weighted by Gasteiger charge is -2.08. The minimum absolute atomic E-state index is 0.273. The Bertz CT molecular complexity index is 678. The van der Waals surface area contributed by atoms with E-state index in [1.807, 2.05) is 6.92 Å². The van der Waals surface area contributed by atoms with Crippen LogP contribution in [0.1, 0.15) is 26.4 Å². The number of fused-ring (bicyclic) bond motifs is 1. The molecule has 2 amide bonds. The normalized spacial score (nSPS) is 14.2. The summed E-state index contributed by atoms with van der Waals surface area (Å²) in [7, 11) is 0. The number of aryl methyl sites for hydroxylation is 1. The molecule has 1 aliphatic heterocycles. The monoisotopic (exact) mass is 259 g/mol. The highest BCUT2D eigenvalue weighted by Gasteiger charge is 2.39. The average molecular weight is 259 g/mol. The number of nitrogens with zero attached hydrogens (tertiary/aromatic N) is 2. The maximum Gasteiger partial charge on any atom is 0.270 e. The molecule has 2 aromatic rings. The summed E-state index contributed by atoms with van der Waals surface area (Å²) in [4.78, 5) is 29.7. The quantitative estimate of drug-likeness (QED) is 0.626. The molecule has 0 saturated heterocycles. The van der Waals surface area contributed by atoms with Crippen LogP contribution in [0.2, 0.25) is 0 Å².